The van der Waals surface area contributed by atoms with Crippen molar-refractivity contribution in [2.75, 3.05) is 47.8 Å². The second kappa shape index (κ2) is 17.2. The van der Waals surface area contributed by atoms with E-state index < -0.39 is 0 Å². The Balaban J connectivity index is 0. The first-order valence-corrected chi connectivity index (χ1v) is 9.94. The summed E-state index contributed by atoms with van der Waals surface area (Å²) in [4.78, 5) is 2.53. The first-order chi connectivity index (χ1) is 10.5. The highest BCUT2D eigenvalue weighted by Crippen LogP contribution is 2.10. The largest absolute Gasteiger partial charge is 1.00 e. The third-order valence-corrected chi connectivity index (χ3v) is 4.51. The molecule has 0 N–H and O–H groups in total. The molecule has 0 aromatic heterocycles. The van der Waals surface area contributed by atoms with E-state index in [-0.39, 0.29) is 17.0 Å². The van der Waals surface area contributed by atoms with Gasteiger partial charge in [0.05, 0.1) is 27.7 Å². The second-order valence-corrected chi connectivity index (χ2v) is 8.21. The van der Waals surface area contributed by atoms with Gasteiger partial charge in [0.2, 0.25) is 0 Å². The number of halogens is 1. The molecule has 0 radical (unpaired) electrons. The first kappa shape index (κ1) is 25.6. The predicted molar refractivity (Wildman–Crippen MR) is 101 cm³/mol. The second-order valence-electron chi connectivity index (χ2n) is 8.21. The molecule has 0 spiro atoms. The lowest BCUT2D eigenvalue weighted by atomic mass is 10.1. The van der Waals surface area contributed by atoms with E-state index in [0.717, 1.165) is 4.48 Å². The molecular formula is C20H45BrN2. The average Bonchev–Trinajstić information content (AvgIpc) is 2.44. The Labute approximate surface area is 158 Å². The molecule has 0 aromatic rings. The van der Waals surface area contributed by atoms with E-state index in [0.29, 0.717) is 0 Å². The molecular weight excluding hydrogens is 348 g/mol. The maximum absolute atomic E-state index is 2.53. The van der Waals surface area contributed by atoms with E-state index in [9.17, 15) is 0 Å². The molecule has 2 nitrogen and oxygen atoms in total. The monoisotopic (exact) mass is 392 g/mol. The zero-order chi connectivity index (χ0) is 16.7. The lowest BCUT2D eigenvalue weighted by Gasteiger charge is -2.24. The van der Waals surface area contributed by atoms with Crippen molar-refractivity contribution in [3.05, 3.63) is 0 Å². The third-order valence-electron chi connectivity index (χ3n) is 4.51. The minimum absolute atomic E-state index is 0. The molecule has 0 aliphatic rings. The summed E-state index contributed by atoms with van der Waals surface area (Å²) in [6, 6.07) is 0. The van der Waals surface area contributed by atoms with Crippen molar-refractivity contribution in [3.8, 4) is 0 Å². The normalized spacial score (nSPS) is 11.7. The third kappa shape index (κ3) is 22.4. The van der Waals surface area contributed by atoms with Crippen LogP contribution in [-0.4, -0.2) is 57.2 Å². The van der Waals surface area contributed by atoms with Crippen LogP contribution >= 0.6 is 0 Å². The Bertz CT molecular complexity index is 226. The molecule has 0 aliphatic carbocycles. The summed E-state index contributed by atoms with van der Waals surface area (Å²) in [6.07, 6.45) is 17.1. The fourth-order valence-electron chi connectivity index (χ4n) is 2.95. The van der Waals surface area contributed by atoms with Crippen molar-refractivity contribution >= 4 is 0 Å². The topological polar surface area (TPSA) is 3.24 Å². The van der Waals surface area contributed by atoms with Gasteiger partial charge in [-0.25, -0.2) is 0 Å². The van der Waals surface area contributed by atoms with Crippen LogP contribution in [0.15, 0.2) is 0 Å². The van der Waals surface area contributed by atoms with Gasteiger partial charge in [-0.05, 0) is 39.4 Å². The van der Waals surface area contributed by atoms with E-state index >= 15 is 0 Å². The molecule has 3 heteroatoms. The molecule has 0 fully saturated rings. The molecule has 0 atom stereocenters. The van der Waals surface area contributed by atoms with Gasteiger partial charge in [-0.2, -0.15) is 0 Å². The maximum atomic E-state index is 2.53. The molecule has 0 aliphatic heterocycles. The van der Waals surface area contributed by atoms with Crippen molar-refractivity contribution in [3.63, 3.8) is 0 Å². The van der Waals surface area contributed by atoms with E-state index in [1.54, 1.807) is 0 Å². The number of rotatable bonds is 16. The minimum Gasteiger partial charge on any atom is -1.00 e. The average molecular weight is 393 g/mol. The highest BCUT2D eigenvalue weighted by molar-refractivity contribution is 4.54. The van der Waals surface area contributed by atoms with Gasteiger partial charge in [0.25, 0.3) is 0 Å². The zero-order valence-corrected chi connectivity index (χ0v) is 18.5. The summed E-state index contributed by atoms with van der Waals surface area (Å²) < 4.78 is 1.10. The summed E-state index contributed by atoms with van der Waals surface area (Å²) in [6.45, 7) is 6.16. The van der Waals surface area contributed by atoms with Gasteiger partial charge in [-0.15, -0.1) is 0 Å². The van der Waals surface area contributed by atoms with Gasteiger partial charge in [-0.3, -0.25) is 0 Å². The molecule has 0 bridgehead atoms. The van der Waals surface area contributed by atoms with Crippen LogP contribution in [0.2, 0.25) is 0 Å². The standard InChI is InChI=1S/C20H45N2.BrH/c1-6-7-8-9-10-11-12-13-14-15-18-21(2)19-16-17-20-22(3,4)5;/h6-20H2,1-5H3;1H/q+1;/p-1. The highest BCUT2D eigenvalue weighted by atomic mass is 79.9. The van der Waals surface area contributed by atoms with Gasteiger partial charge in [0.1, 0.15) is 0 Å². The molecule has 0 saturated carbocycles. The Kier molecular flexibility index (Phi) is 19.2. The molecule has 0 saturated heterocycles. The summed E-state index contributed by atoms with van der Waals surface area (Å²) in [5, 5.41) is 0. The maximum Gasteiger partial charge on any atom is 0.0780 e. The molecule has 0 unspecified atom stereocenters. The number of hydrogen-bond acceptors (Lipinski definition) is 1. The molecule has 0 amide bonds. The smallest absolute Gasteiger partial charge is 0.0780 e. The van der Waals surface area contributed by atoms with Gasteiger partial charge < -0.3 is 26.4 Å². The van der Waals surface area contributed by atoms with E-state index in [1.165, 1.54) is 96.7 Å². The van der Waals surface area contributed by atoms with Crippen molar-refractivity contribution in [1.29, 1.82) is 0 Å². The van der Waals surface area contributed by atoms with E-state index in [2.05, 4.69) is 40.0 Å². The van der Waals surface area contributed by atoms with Crippen LogP contribution in [0.25, 0.3) is 0 Å². The fourth-order valence-corrected chi connectivity index (χ4v) is 2.95. The van der Waals surface area contributed by atoms with Crippen molar-refractivity contribution in [2.45, 2.75) is 84.0 Å². The van der Waals surface area contributed by atoms with Crippen molar-refractivity contribution < 1.29 is 21.5 Å². The zero-order valence-electron chi connectivity index (χ0n) is 16.9. The van der Waals surface area contributed by atoms with Crippen LogP contribution in [0.3, 0.4) is 0 Å². The number of nitrogens with zero attached hydrogens (tertiary/aromatic N) is 2. The first-order valence-electron chi connectivity index (χ1n) is 9.94. The van der Waals surface area contributed by atoms with Gasteiger partial charge >= 0.3 is 0 Å². The van der Waals surface area contributed by atoms with Crippen LogP contribution < -0.4 is 17.0 Å². The van der Waals surface area contributed by atoms with Crippen LogP contribution in [-0.2, 0) is 0 Å². The van der Waals surface area contributed by atoms with Gasteiger partial charge in [-0.1, -0.05) is 64.7 Å². The van der Waals surface area contributed by atoms with Crippen LogP contribution in [0.1, 0.15) is 84.0 Å². The Morgan fingerprint density at radius 2 is 1.00 bits per heavy atom. The number of hydrogen-bond donors (Lipinski definition) is 0. The number of quaternary nitrogens is 1. The summed E-state index contributed by atoms with van der Waals surface area (Å²) in [5.74, 6) is 0. The SMILES string of the molecule is CCCCCCCCCCCCN(C)CCCC[N+](C)(C)C.[Br-]. The number of unbranched alkanes of at least 4 members (excludes halogenated alkanes) is 10. The van der Waals surface area contributed by atoms with Crippen molar-refractivity contribution in [1.82, 2.24) is 4.90 Å². The predicted octanol–water partition coefficient (Wildman–Crippen LogP) is 2.33. The van der Waals surface area contributed by atoms with Gasteiger partial charge in [0, 0.05) is 0 Å². The van der Waals surface area contributed by atoms with Crippen LogP contribution in [0.5, 0.6) is 0 Å². The molecule has 0 aromatic carbocycles. The lowest BCUT2D eigenvalue weighted by molar-refractivity contribution is -0.870. The molecule has 23 heavy (non-hydrogen) atoms. The van der Waals surface area contributed by atoms with Crippen LogP contribution in [0, 0.1) is 0 Å². The van der Waals surface area contributed by atoms with Crippen molar-refractivity contribution in [2.24, 2.45) is 0 Å². The Hall–Kier alpha value is 0.400. The van der Waals surface area contributed by atoms with E-state index in [1.807, 2.05) is 0 Å². The summed E-state index contributed by atoms with van der Waals surface area (Å²) in [5.41, 5.74) is 0. The van der Waals surface area contributed by atoms with Gasteiger partial charge in [0.15, 0.2) is 0 Å². The molecule has 0 rings (SSSR count). The Morgan fingerprint density at radius 3 is 1.43 bits per heavy atom. The quantitative estimate of drug-likeness (QED) is 0.287. The fraction of sp³-hybridized carbons (Fsp3) is 1.00. The molecule has 142 valence electrons. The summed E-state index contributed by atoms with van der Waals surface area (Å²) in [7, 11) is 9.15. The highest BCUT2D eigenvalue weighted by Gasteiger charge is 2.06. The Morgan fingerprint density at radius 1 is 0.609 bits per heavy atom. The molecule has 0 heterocycles. The van der Waals surface area contributed by atoms with Crippen LogP contribution in [0.4, 0.5) is 0 Å². The lowest BCUT2D eigenvalue weighted by Crippen LogP contribution is -3.00. The summed E-state index contributed by atoms with van der Waals surface area (Å²) >= 11 is 0. The minimum atomic E-state index is 0. The van der Waals surface area contributed by atoms with E-state index in [4.69, 9.17) is 0 Å².